The summed E-state index contributed by atoms with van der Waals surface area (Å²) in [5.74, 6) is 0.130. The molecule has 29 heavy (non-hydrogen) atoms. The van der Waals surface area contributed by atoms with Crippen LogP contribution in [0.4, 0.5) is 0 Å². The monoisotopic (exact) mass is 400 g/mol. The van der Waals surface area contributed by atoms with Crippen LogP contribution in [0.2, 0.25) is 0 Å². The van der Waals surface area contributed by atoms with Crippen molar-refractivity contribution in [1.82, 2.24) is 19.0 Å². The molecule has 1 heterocycles. The van der Waals surface area contributed by atoms with Crippen LogP contribution in [0.5, 0.6) is 5.75 Å². The van der Waals surface area contributed by atoms with Crippen molar-refractivity contribution in [1.29, 1.82) is 0 Å². The molecule has 2 aromatic rings. The number of hydrogen-bond donors (Lipinski definition) is 1. The summed E-state index contributed by atoms with van der Waals surface area (Å²) in [5.41, 5.74) is -1.46. The Morgan fingerprint density at radius 1 is 1.03 bits per heavy atom. The molecule has 1 aromatic carbocycles. The Hall–Kier alpha value is -3.62. The molecule has 0 unspecified atom stereocenters. The van der Waals surface area contributed by atoms with Crippen LogP contribution in [0.25, 0.3) is 0 Å². The van der Waals surface area contributed by atoms with Gasteiger partial charge in [-0.1, -0.05) is 24.3 Å². The zero-order valence-electron chi connectivity index (χ0n) is 16.3. The summed E-state index contributed by atoms with van der Waals surface area (Å²) in [6.07, 6.45) is 2.72. The summed E-state index contributed by atoms with van der Waals surface area (Å²) in [6, 6.07) is 7.48. The third-order valence-electron chi connectivity index (χ3n) is 3.99. The van der Waals surface area contributed by atoms with Crippen LogP contribution in [-0.4, -0.2) is 32.8 Å². The number of carbonyl (C=O) groups excluding carboxylic acids is 1. The lowest BCUT2D eigenvalue weighted by Gasteiger charge is -2.12. The summed E-state index contributed by atoms with van der Waals surface area (Å²) >= 11 is 0. The number of nitrogens with zero attached hydrogens (tertiary/aromatic N) is 3. The van der Waals surface area contributed by atoms with Gasteiger partial charge in [-0.2, -0.15) is 0 Å². The number of allylic oxidation sites excluding steroid dienone is 2. The molecule has 0 fully saturated rings. The van der Waals surface area contributed by atoms with Crippen LogP contribution in [0.1, 0.15) is 5.56 Å². The lowest BCUT2D eigenvalue weighted by atomic mass is 10.2. The van der Waals surface area contributed by atoms with Crippen molar-refractivity contribution in [3.8, 4) is 5.75 Å². The Kier molecular flexibility index (Phi) is 7.53. The van der Waals surface area contributed by atoms with Gasteiger partial charge in [-0.25, -0.2) is 28.1 Å². The summed E-state index contributed by atoms with van der Waals surface area (Å²) in [5, 5.41) is 2.59. The van der Waals surface area contributed by atoms with Crippen molar-refractivity contribution in [2.45, 2.75) is 26.6 Å². The quantitative estimate of drug-likeness (QED) is 0.448. The maximum atomic E-state index is 12.5. The number of carbonyl (C=O) groups is 1. The molecule has 0 aliphatic heterocycles. The number of nitrogens with one attached hydrogen (secondary N) is 1. The third-order valence-corrected chi connectivity index (χ3v) is 3.99. The van der Waals surface area contributed by atoms with Crippen molar-refractivity contribution in [2.75, 3.05) is 13.2 Å². The fraction of sp³-hybridized carbons (Fsp3) is 0.300. The molecular weight excluding hydrogens is 376 g/mol. The minimum Gasteiger partial charge on any atom is -0.492 e. The highest BCUT2D eigenvalue weighted by atomic mass is 16.5. The van der Waals surface area contributed by atoms with Crippen molar-refractivity contribution in [3.63, 3.8) is 0 Å². The second-order valence-corrected chi connectivity index (χ2v) is 6.25. The topological polar surface area (TPSA) is 104 Å². The van der Waals surface area contributed by atoms with E-state index in [9.17, 15) is 19.2 Å². The van der Waals surface area contributed by atoms with Crippen molar-refractivity contribution in [2.24, 2.45) is 0 Å². The molecule has 0 aliphatic rings. The Labute approximate surface area is 167 Å². The lowest BCUT2D eigenvalue weighted by Crippen LogP contribution is -2.55. The van der Waals surface area contributed by atoms with E-state index in [2.05, 4.69) is 18.5 Å². The first-order valence-corrected chi connectivity index (χ1v) is 9.01. The predicted octanol–water partition coefficient (Wildman–Crippen LogP) is 0.0473. The second-order valence-electron chi connectivity index (χ2n) is 6.25. The molecule has 0 atom stereocenters. The van der Waals surface area contributed by atoms with Gasteiger partial charge in [0.2, 0.25) is 5.91 Å². The summed E-state index contributed by atoms with van der Waals surface area (Å²) < 4.78 is 7.93. The molecule has 0 bridgehead atoms. The maximum Gasteiger partial charge on any atom is 0.337 e. The molecule has 1 amide bonds. The molecule has 0 saturated carbocycles. The van der Waals surface area contributed by atoms with Gasteiger partial charge < -0.3 is 10.1 Å². The predicted molar refractivity (Wildman–Crippen MR) is 109 cm³/mol. The van der Waals surface area contributed by atoms with Gasteiger partial charge in [0.15, 0.2) is 0 Å². The summed E-state index contributed by atoms with van der Waals surface area (Å²) in [7, 11) is 0. The molecule has 0 radical (unpaired) electrons. The summed E-state index contributed by atoms with van der Waals surface area (Å²) in [4.78, 5) is 49.4. The van der Waals surface area contributed by atoms with E-state index in [1.807, 2.05) is 25.1 Å². The van der Waals surface area contributed by atoms with Crippen molar-refractivity contribution < 1.29 is 9.53 Å². The van der Waals surface area contributed by atoms with Gasteiger partial charge in [0.05, 0.1) is 19.6 Å². The van der Waals surface area contributed by atoms with Gasteiger partial charge in [0.1, 0.15) is 18.9 Å². The molecule has 1 N–H and O–H groups in total. The highest BCUT2D eigenvalue weighted by Gasteiger charge is 2.16. The highest BCUT2D eigenvalue weighted by Crippen LogP contribution is 2.11. The minimum absolute atomic E-state index is 0.0823. The second kappa shape index (κ2) is 10.1. The molecule has 9 nitrogen and oxygen atoms in total. The van der Waals surface area contributed by atoms with Crippen LogP contribution in [0.3, 0.4) is 0 Å². The molecule has 0 spiro atoms. The molecule has 2 rings (SSSR count). The molecule has 1 aromatic heterocycles. The van der Waals surface area contributed by atoms with E-state index in [-0.39, 0.29) is 26.2 Å². The number of hydrogen-bond acceptors (Lipinski definition) is 5. The number of aryl methyl sites for hydroxylation is 1. The first-order chi connectivity index (χ1) is 13.9. The zero-order valence-corrected chi connectivity index (χ0v) is 16.3. The van der Waals surface area contributed by atoms with Crippen LogP contribution >= 0.6 is 0 Å². The SMILES string of the molecule is C=CCn1c(=O)n(CC=C)c(=O)n(CC(=O)NCCOc2cccc(C)c2)c1=O. The smallest absolute Gasteiger partial charge is 0.337 e. The van der Waals surface area contributed by atoms with E-state index in [0.29, 0.717) is 10.3 Å². The summed E-state index contributed by atoms with van der Waals surface area (Å²) in [6.45, 7) is 8.67. The third kappa shape index (κ3) is 5.44. The van der Waals surface area contributed by atoms with Crippen LogP contribution < -0.4 is 27.1 Å². The standard InChI is InChI=1S/C20H24N4O5/c1-4-10-22-18(26)23(11-5-2)20(28)24(19(22)27)14-17(25)21-9-12-29-16-8-6-7-15(3)13-16/h4-8,13H,1-2,9-12,14H2,3H3,(H,21,25). The van der Waals surface area contributed by atoms with E-state index >= 15 is 0 Å². The average molecular weight is 400 g/mol. The van der Waals surface area contributed by atoms with E-state index in [1.165, 1.54) is 12.2 Å². The van der Waals surface area contributed by atoms with Gasteiger partial charge in [0, 0.05) is 0 Å². The number of aromatic nitrogens is 3. The van der Waals surface area contributed by atoms with Crippen molar-refractivity contribution in [3.05, 3.63) is 86.6 Å². The highest BCUT2D eigenvalue weighted by molar-refractivity contribution is 5.75. The van der Waals surface area contributed by atoms with E-state index < -0.39 is 29.5 Å². The largest absolute Gasteiger partial charge is 0.492 e. The fourth-order valence-corrected chi connectivity index (χ4v) is 2.65. The Balaban J connectivity index is 2.09. The van der Waals surface area contributed by atoms with Gasteiger partial charge in [-0.3, -0.25) is 4.79 Å². The number of rotatable bonds is 10. The number of ether oxygens (including phenoxy) is 1. The molecule has 9 heteroatoms. The molecule has 154 valence electrons. The van der Waals surface area contributed by atoms with E-state index in [0.717, 1.165) is 14.7 Å². The van der Waals surface area contributed by atoms with Gasteiger partial charge in [-0.05, 0) is 24.6 Å². The van der Waals surface area contributed by atoms with Gasteiger partial charge >= 0.3 is 17.1 Å². The van der Waals surface area contributed by atoms with Gasteiger partial charge in [-0.15, -0.1) is 13.2 Å². The number of amides is 1. The van der Waals surface area contributed by atoms with Crippen LogP contribution in [0, 0.1) is 6.92 Å². The van der Waals surface area contributed by atoms with E-state index in [4.69, 9.17) is 4.74 Å². The van der Waals surface area contributed by atoms with Gasteiger partial charge in [0.25, 0.3) is 0 Å². The zero-order chi connectivity index (χ0) is 21.4. The average Bonchev–Trinajstić information content (AvgIpc) is 2.69. The molecule has 0 saturated heterocycles. The maximum absolute atomic E-state index is 12.5. The van der Waals surface area contributed by atoms with Crippen LogP contribution in [-0.2, 0) is 24.4 Å². The minimum atomic E-state index is -0.869. The molecular formula is C20H24N4O5. The Morgan fingerprint density at radius 3 is 2.17 bits per heavy atom. The van der Waals surface area contributed by atoms with E-state index in [1.54, 1.807) is 6.07 Å². The Morgan fingerprint density at radius 2 is 1.62 bits per heavy atom. The first kappa shape index (κ1) is 21.7. The first-order valence-electron chi connectivity index (χ1n) is 9.01. The van der Waals surface area contributed by atoms with Crippen molar-refractivity contribution >= 4 is 5.91 Å². The Bertz CT molecular complexity index is 1030. The molecule has 0 aliphatic carbocycles. The lowest BCUT2D eigenvalue weighted by molar-refractivity contribution is -0.121. The fourth-order valence-electron chi connectivity index (χ4n) is 2.65. The van der Waals surface area contributed by atoms with Crippen LogP contribution in [0.15, 0.2) is 64.0 Å². The normalized spacial score (nSPS) is 10.4. The number of benzene rings is 1.